The molecule has 2 rings (SSSR count). The third-order valence-electron chi connectivity index (χ3n) is 4.11. The number of rotatable bonds is 6. The molecule has 1 aromatic carbocycles. The van der Waals surface area contributed by atoms with E-state index in [0.717, 1.165) is 18.4 Å². The largest absolute Gasteiger partial charge is 0.445 e. The molecule has 1 amide bonds. The first kappa shape index (κ1) is 23.1. The number of thiol groups is 2. The molecule has 1 saturated carbocycles. The number of aliphatic hydroxyl groups is 2. The summed E-state index contributed by atoms with van der Waals surface area (Å²) in [6.07, 6.45) is 4.55. The Morgan fingerprint density at radius 3 is 2.08 bits per heavy atom. The van der Waals surface area contributed by atoms with Crippen LogP contribution in [0.15, 0.2) is 30.3 Å². The number of amides is 1. The van der Waals surface area contributed by atoms with E-state index >= 15 is 0 Å². The molecule has 24 heavy (non-hydrogen) atoms. The van der Waals surface area contributed by atoms with Crippen molar-refractivity contribution >= 4 is 31.4 Å². The maximum absolute atomic E-state index is 12.1. The zero-order valence-corrected chi connectivity index (χ0v) is 16.3. The number of carbonyl (C=O) groups is 1. The lowest BCUT2D eigenvalue weighted by Crippen LogP contribution is -2.46. The van der Waals surface area contributed by atoms with E-state index in [1.807, 2.05) is 30.3 Å². The van der Waals surface area contributed by atoms with Crippen molar-refractivity contribution in [3.05, 3.63) is 35.9 Å². The van der Waals surface area contributed by atoms with Crippen LogP contribution in [-0.4, -0.2) is 59.5 Å². The van der Waals surface area contributed by atoms with Crippen LogP contribution in [0.25, 0.3) is 0 Å². The van der Waals surface area contributed by atoms with Gasteiger partial charge in [0.05, 0.1) is 18.8 Å². The lowest BCUT2D eigenvalue weighted by molar-refractivity contribution is 0.0383. The lowest BCUT2D eigenvalue weighted by atomic mass is 9.98. The van der Waals surface area contributed by atoms with Crippen LogP contribution in [-0.2, 0) is 11.3 Å². The molecule has 138 valence electrons. The van der Waals surface area contributed by atoms with Gasteiger partial charge >= 0.3 is 6.09 Å². The number of benzene rings is 1. The Morgan fingerprint density at radius 2 is 1.67 bits per heavy atom. The second kappa shape index (κ2) is 12.5. The fourth-order valence-electron chi connectivity index (χ4n) is 2.54. The molecule has 7 heteroatoms. The maximum atomic E-state index is 12.1. The van der Waals surface area contributed by atoms with Crippen molar-refractivity contribution in [1.82, 2.24) is 4.90 Å². The van der Waals surface area contributed by atoms with Crippen molar-refractivity contribution in [3.63, 3.8) is 0 Å². The molecular formula is C17H29NO4S2. The van der Waals surface area contributed by atoms with Gasteiger partial charge in [0.1, 0.15) is 6.61 Å². The van der Waals surface area contributed by atoms with Crippen LogP contribution in [0.3, 0.4) is 0 Å². The molecule has 0 radical (unpaired) electrons. The van der Waals surface area contributed by atoms with Crippen LogP contribution in [0.1, 0.15) is 18.4 Å². The number of hydrogen-bond donors (Lipinski definition) is 4. The molecule has 0 spiro atoms. The monoisotopic (exact) mass is 375 g/mol. The van der Waals surface area contributed by atoms with E-state index < -0.39 is 11.6 Å². The summed E-state index contributed by atoms with van der Waals surface area (Å²) >= 11 is 7.06. The van der Waals surface area contributed by atoms with E-state index in [9.17, 15) is 15.0 Å². The molecule has 1 aliphatic rings. The number of ether oxygens (including phenoxy) is 1. The van der Waals surface area contributed by atoms with Gasteiger partial charge in [0.15, 0.2) is 0 Å². The van der Waals surface area contributed by atoms with E-state index in [1.165, 1.54) is 4.90 Å². The van der Waals surface area contributed by atoms with Crippen molar-refractivity contribution in [2.45, 2.75) is 25.0 Å². The van der Waals surface area contributed by atoms with Crippen LogP contribution in [0, 0.1) is 5.92 Å². The van der Waals surface area contributed by atoms with Gasteiger partial charge in [-0.25, -0.2) is 4.79 Å². The average Bonchev–Trinajstić information content (AvgIpc) is 3.46. The van der Waals surface area contributed by atoms with Crippen molar-refractivity contribution < 1.29 is 19.7 Å². The highest BCUT2D eigenvalue weighted by Gasteiger charge is 2.54. The minimum atomic E-state index is -0.447. The Morgan fingerprint density at radius 1 is 1.17 bits per heavy atom. The Labute approximate surface area is 155 Å². The summed E-state index contributed by atoms with van der Waals surface area (Å²) in [5, 5.41) is 18.6. The molecule has 0 heterocycles. The topological polar surface area (TPSA) is 70.0 Å². The highest BCUT2D eigenvalue weighted by molar-refractivity contribution is 7.79. The van der Waals surface area contributed by atoms with Crippen LogP contribution in [0.5, 0.6) is 0 Å². The van der Waals surface area contributed by atoms with Crippen molar-refractivity contribution in [2.24, 2.45) is 5.92 Å². The third-order valence-corrected chi connectivity index (χ3v) is 4.11. The van der Waals surface area contributed by atoms with Crippen LogP contribution >= 0.6 is 25.3 Å². The molecule has 0 bridgehead atoms. The summed E-state index contributed by atoms with van der Waals surface area (Å²) in [5.74, 6) is -0.309. The molecule has 5 nitrogen and oxygen atoms in total. The van der Waals surface area contributed by atoms with Crippen LogP contribution < -0.4 is 0 Å². The number of carbonyl (C=O) groups excluding carboxylic acids is 1. The molecular weight excluding hydrogens is 346 g/mol. The van der Waals surface area contributed by atoms with E-state index in [4.69, 9.17) is 4.74 Å². The second-order valence-electron chi connectivity index (χ2n) is 5.26. The molecule has 0 aliphatic heterocycles. The van der Waals surface area contributed by atoms with Crippen LogP contribution in [0.2, 0.25) is 0 Å². The molecule has 0 aromatic heterocycles. The van der Waals surface area contributed by atoms with Crippen molar-refractivity contribution in [2.75, 3.05) is 32.8 Å². The van der Waals surface area contributed by atoms with Gasteiger partial charge in [0.25, 0.3) is 0 Å². The molecule has 1 aliphatic carbocycles. The first-order valence-corrected chi connectivity index (χ1v) is 9.48. The minimum absolute atomic E-state index is 0.132. The van der Waals surface area contributed by atoms with E-state index in [2.05, 4.69) is 25.3 Å². The normalized spacial score (nSPS) is 13.8. The van der Waals surface area contributed by atoms with E-state index in [-0.39, 0.29) is 25.7 Å². The van der Waals surface area contributed by atoms with Gasteiger partial charge < -0.3 is 19.8 Å². The summed E-state index contributed by atoms with van der Waals surface area (Å²) in [7, 11) is 1.67. The molecule has 0 atom stereocenters. The Hall–Kier alpha value is -0.890. The Kier molecular flexibility index (Phi) is 12.0. The minimum Gasteiger partial charge on any atom is -0.445 e. The standard InChI is InChI=1S/C15H21NO4.2CH4S/c1-16(15(7-8-15)13(9-17)10-18)14(19)20-11-12-5-3-2-4-6-12;2*1-2/h2-6,13,17-18H,7-11H2,1H3;2*2H,1H3. The molecule has 2 N–H and O–H groups in total. The first-order chi connectivity index (χ1) is 11.6. The SMILES string of the molecule is CN(C(=O)OCc1ccccc1)C1(C(CO)CO)CC1.CS.CS. The van der Waals surface area contributed by atoms with E-state index in [1.54, 1.807) is 19.6 Å². The van der Waals surface area contributed by atoms with Gasteiger partial charge in [-0.05, 0) is 30.9 Å². The van der Waals surface area contributed by atoms with Crippen molar-refractivity contribution in [3.8, 4) is 0 Å². The Bertz CT molecular complexity index is 451. The van der Waals surface area contributed by atoms with Gasteiger partial charge in [-0.3, -0.25) is 0 Å². The van der Waals surface area contributed by atoms with E-state index in [0.29, 0.717) is 0 Å². The summed E-state index contributed by atoms with van der Waals surface area (Å²) < 4.78 is 5.28. The maximum Gasteiger partial charge on any atom is 0.410 e. The quantitative estimate of drug-likeness (QED) is 0.577. The van der Waals surface area contributed by atoms with Gasteiger partial charge in [0.2, 0.25) is 0 Å². The highest BCUT2D eigenvalue weighted by atomic mass is 32.1. The van der Waals surface area contributed by atoms with Gasteiger partial charge in [0, 0.05) is 13.0 Å². The highest BCUT2D eigenvalue weighted by Crippen LogP contribution is 2.47. The zero-order valence-electron chi connectivity index (χ0n) is 14.6. The molecule has 0 saturated heterocycles. The number of hydrogen-bond acceptors (Lipinski definition) is 6. The second-order valence-corrected chi connectivity index (χ2v) is 5.26. The fourth-order valence-corrected chi connectivity index (χ4v) is 2.54. The van der Waals surface area contributed by atoms with Gasteiger partial charge in [-0.1, -0.05) is 30.3 Å². The number of nitrogens with zero attached hydrogens (tertiary/aromatic N) is 1. The molecule has 1 aromatic rings. The predicted octanol–water partition coefficient (Wildman–Crippen LogP) is 2.48. The summed E-state index contributed by atoms with van der Waals surface area (Å²) in [5.41, 5.74) is 0.483. The summed E-state index contributed by atoms with van der Waals surface area (Å²) in [4.78, 5) is 13.6. The van der Waals surface area contributed by atoms with Gasteiger partial charge in [-0.2, -0.15) is 25.3 Å². The summed E-state index contributed by atoms with van der Waals surface area (Å²) in [6, 6.07) is 9.48. The van der Waals surface area contributed by atoms with Crippen molar-refractivity contribution in [1.29, 1.82) is 0 Å². The smallest absolute Gasteiger partial charge is 0.410 e. The third kappa shape index (κ3) is 6.20. The average molecular weight is 376 g/mol. The Balaban J connectivity index is 0.00000123. The molecule has 0 unspecified atom stereocenters. The molecule has 1 fully saturated rings. The zero-order chi connectivity index (χ0) is 18.6. The lowest BCUT2D eigenvalue weighted by Gasteiger charge is -2.32. The fraction of sp³-hybridized carbons (Fsp3) is 0.588. The van der Waals surface area contributed by atoms with Crippen LogP contribution in [0.4, 0.5) is 4.79 Å². The van der Waals surface area contributed by atoms with Gasteiger partial charge in [-0.15, -0.1) is 0 Å². The predicted molar refractivity (Wildman–Crippen MR) is 104 cm³/mol. The number of aliphatic hydroxyl groups excluding tert-OH is 2. The summed E-state index contributed by atoms with van der Waals surface area (Å²) in [6.45, 7) is -0.0391. The first-order valence-electron chi connectivity index (χ1n) is 7.69.